The highest BCUT2D eigenvalue weighted by atomic mass is 16.7. The van der Waals surface area contributed by atoms with E-state index in [1.165, 1.54) is 0 Å². The molecule has 1 saturated carbocycles. The van der Waals surface area contributed by atoms with E-state index in [2.05, 4.69) is 10.3 Å². The molecule has 16 atom stereocenters. The van der Waals surface area contributed by atoms with Crippen LogP contribution in [0.5, 0.6) is 0 Å². The van der Waals surface area contributed by atoms with Crippen LogP contribution in [0.3, 0.4) is 0 Å². The minimum absolute atomic E-state index is 0.0759. The molecule has 0 aromatic carbocycles. The number of carbonyl (C=O) groups is 1. The lowest BCUT2D eigenvalue weighted by molar-refractivity contribution is -0.314. The van der Waals surface area contributed by atoms with Gasteiger partial charge in [0.15, 0.2) is 18.7 Å². The Morgan fingerprint density at radius 2 is 1.62 bits per heavy atom. The maximum atomic E-state index is 12.9. The monoisotopic (exact) mass is 653 g/mol. The number of rotatable bonds is 13. The normalized spacial score (nSPS) is 41.7. The first-order valence-electron chi connectivity index (χ1n) is 14.9. The predicted molar refractivity (Wildman–Crippen MR) is 156 cm³/mol. The number of amides is 1. The highest BCUT2D eigenvalue weighted by Crippen LogP contribution is 2.31. The van der Waals surface area contributed by atoms with Gasteiger partial charge in [-0.25, -0.2) is 0 Å². The van der Waals surface area contributed by atoms with Crippen molar-refractivity contribution in [3.63, 3.8) is 0 Å². The molecule has 0 spiro atoms. The number of nitrogens with zero attached hydrogens (tertiary/aromatic N) is 1. The molecule has 2 heterocycles. The SMILES string of the molecule is NCC(N)=NC[C@@H]1CCC(N)[C@@H](OC2C(O)C(O[C@H]3OC(CO)C(O)[C@H](N)C3O)[C@H](NC(=O)[C@@H](O)[C@@H](O)[C@@H](N)CN)C[C@@H]2N)O1. The molecular weight excluding hydrogens is 602 g/mol. The van der Waals surface area contributed by atoms with Crippen molar-refractivity contribution < 1.29 is 54.4 Å². The number of aliphatic imine (C=N–C) groups is 1. The molecule has 20 heteroatoms. The zero-order valence-corrected chi connectivity index (χ0v) is 24.9. The molecule has 262 valence electrons. The van der Waals surface area contributed by atoms with Crippen molar-refractivity contribution in [2.24, 2.45) is 45.1 Å². The summed E-state index contributed by atoms with van der Waals surface area (Å²) >= 11 is 0. The zero-order chi connectivity index (χ0) is 33.6. The summed E-state index contributed by atoms with van der Waals surface area (Å²) in [5.41, 5.74) is 40.9. The Morgan fingerprint density at radius 3 is 2.24 bits per heavy atom. The van der Waals surface area contributed by atoms with Crippen molar-refractivity contribution in [1.29, 1.82) is 0 Å². The van der Waals surface area contributed by atoms with Gasteiger partial charge in [-0.1, -0.05) is 0 Å². The van der Waals surface area contributed by atoms with Gasteiger partial charge in [0, 0.05) is 18.6 Å². The summed E-state index contributed by atoms with van der Waals surface area (Å²) in [6.45, 7) is -0.620. The molecule has 3 fully saturated rings. The van der Waals surface area contributed by atoms with Crippen molar-refractivity contribution >= 4 is 11.7 Å². The summed E-state index contributed by atoms with van der Waals surface area (Å²) in [4.78, 5) is 17.1. The number of ether oxygens (including phenoxy) is 4. The summed E-state index contributed by atoms with van der Waals surface area (Å²) in [7, 11) is 0. The second-order valence-corrected chi connectivity index (χ2v) is 11.7. The average Bonchev–Trinajstić information content (AvgIpc) is 3.03. The molecule has 3 aliphatic rings. The summed E-state index contributed by atoms with van der Waals surface area (Å²) in [5, 5.41) is 65.2. The minimum Gasteiger partial charge on any atom is -0.394 e. The third kappa shape index (κ3) is 9.22. The maximum Gasteiger partial charge on any atom is 0.251 e. The van der Waals surface area contributed by atoms with Gasteiger partial charge in [-0.3, -0.25) is 9.79 Å². The van der Waals surface area contributed by atoms with E-state index in [1.54, 1.807) is 0 Å². The topological polar surface area (TPSA) is 382 Å². The summed E-state index contributed by atoms with van der Waals surface area (Å²) in [6.07, 6.45) is -14.5. The fourth-order valence-electron chi connectivity index (χ4n) is 5.50. The van der Waals surface area contributed by atoms with Crippen LogP contribution in [0.15, 0.2) is 4.99 Å². The van der Waals surface area contributed by atoms with Crippen LogP contribution < -0.4 is 45.5 Å². The zero-order valence-electron chi connectivity index (χ0n) is 24.9. The van der Waals surface area contributed by atoms with Crippen LogP contribution in [0.4, 0.5) is 0 Å². The Labute approximate surface area is 260 Å². The Morgan fingerprint density at radius 1 is 0.956 bits per heavy atom. The summed E-state index contributed by atoms with van der Waals surface area (Å²) in [5.74, 6) is -0.832. The fourth-order valence-corrected chi connectivity index (χ4v) is 5.50. The van der Waals surface area contributed by atoms with Crippen LogP contribution >= 0.6 is 0 Å². The molecule has 0 radical (unpaired) electrons. The van der Waals surface area contributed by atoms with Crippen LogP contribution in [0.25, 0.3) is 0 Å². The van der Waals surface area contributed by atoms with Gasteiger partial charge in [-0.05, 0) is 19.3 Å². The van der Waals surface area contributed by atoms with Gasteiger partial charge in [0.1, 0.15) is 48.6 Å². The molecule has 20 nitrogen and oxygen atoms in total. The molecule has 2 aliphatic heterocycles. The lowest BCUT2D eigenvalue weighted by atomic mass is 9.83. The Hall–Kier alpha value is -1.70. The highest BCUT2D eigenvalue weighted by molar-refractivity contribution is 5.82. The fraction of sp³-hybridized carbons (Fsp3) is 0.920. The minimum atomic E-state index is -2.01. The molecule has 0 bridgehead atoms. The molecule has 1 aliphatic carbocycles. The molecule has 0 aromatic rings. The van der Waals surface area contributed by atoms with Crippen molar-refractivity contribution in [2.45, 2.75) is 117 Å². The smallest absolute Gasteiger partial charge is 0.251 e. The first-order chi connectivity index (χ1) is 21.2. The van der Waals surface area contributed by atoms with Crippen LogP contribution in [0.2, 0.25) is 0 Å². The standard InChI is InChI=1S/C25H51N9O11/c26-4-11(30)16(36)19(39)23(41)34-12-3-10(29)21(44-24-9(28)2-1-8(42-24)6-33-14(31)5-27)20(40)22(12)45-25-18(38)15(32)17(37)13(7-35)43-25/h8-13,15-22,24-25,35-40H,1-7,26-30,32H2,(H2,31,33)(H,34,41)/t8-,9?,10-,11-,12+,13?,15-,16-,17?,18?,19-,20?,21?,22?,24+,25+/m0/s1. The number of amidine groups is 1. The number of aliphatic hydroxyl groups excluding tert-OH is 6. The molecule has 7 unspecified atom stereocenters. The van der Waals surface area contributed by atoms with E-state index in [-0.39, 0.29) is 31.9 Å². The third-order valence-electron chi connectivity index (χ3n) is 8.37. The number of aliphatic hydroxyl groups is 6. The maximum absolute atomic E-state index is 12.9. The molecule has 3 rings (SSSR count). The van der Waals surface area contributed by atoms with Crippen molar-refractivity contribution in [2.75, 3.05) is 26.2 Å². The van der Waals surface area contributed by atoms with E-state index in [1.807, 2.05) is 0 Å². The van der Waals surface area contributed by atoms with Crippen LogP contribution in [-0.2, 0) is 23.7 Å². The summed E-state index contributed by atoms with van der Waals surface area (Å²) < 4.78 is 23.5. The number of carbonyl (C=O) groups excluding carboxylic acids is 1. The first-order valence-corrected chi connectivity index (χ1v) is 14.9. The van der Waals surface area contributed by atoms with Crippen LogP contribution in [-0.4, -0.2) is 166 Å². The van der Waals surface area contributed by atoms with E-state index >= 15 is 0 Å². The average molecular weight is 654 g/mol. The highest BCUT2D eigenvalue weighted by Gasteiger charge is 2.51. The van der Waals surface area contributed by atoms with Gasteiger partial charge in [-0.2, -0.15) is 0 Å². The van der Waals surface area contributed by atoms with Gasteiger partial charge in [0.25, 0.3) is 5.91 Å². The largest absolute Gasteiger partial charge is 0.394 e. The number of hydrogen-bond donors (Lipinski definition) is 14. The molecule has 21 N–H and O–H groups in total. The Kier molecular flexibility index (Phi) is 14.2. The summed E-state index contributed by atoms with van der Waals surface area (Å²) in [6, 6.07) is -5.16. The van der Waals surface area contributed by atoms with Crippen molar-refractivity contribution in [1.82, 2.24) is 5.32 Å². The van der Waals surface area contributed by atoms with Crippen LogP contribution in [0.1, 0.15) is 19.3 Å². The van der Waals surface area contributed by atoms with Crippen molar-refractivity contribution in [3.8, 4) is 0 Å². The number of nitrogens with two attached hydrogens (primary N) is 7. The van der Waals surface area contributed by atoms with Crippen LogP contribution in [0, 0.1) is 0 Å². The molecular formula is C25H51N9O11. The lowest BCUT2D eigenvalue weighted by Gasteiger charge is -2.48. The Balaban J connectivity index is 1.83. The van der Waals surface area contributed by atoms with Gasteiger partial charge in [0.05, 0.1) is 43.9 Å². The Bertz CT molecular complexity index is 971. The van der Waals surface area contributed by atoms with E-state index < -0.39 is 110 Å². The van der Waals surface area contributed by atoms with E-state index in [0.717, 1.165) is 0 Å². The molecule has 0 aromatic heterocycles. The van der Waals surface area contributed by atoms with Gasteiger partial charge < -0.3 is 95.0 Å². The van der Waals surface area contributed by atoms with Gasteiger partial charge in [0.2, 0.25) is 0 Å². The second-order valence-electron chi connectivity index (χ2n) is 11.7. The number of nitrogens with one attached hydrogen (secondary N) is 1. The second kappa shape index (κ2) is 16.9. The molecule has 1 amide bonds. The molecule has 45 heavy (non-hydrogen) atoms. The first kappa shape index (κ1) is 37.8. The third-order valence-corrected chi connectivity index (χ3v) is 8.37. The van der Waals surface area contributed by atoms with Gasteiger partial charge >= 0.3 is 0 Å². The lowest BCUT2D eigenvalue weighted by Crippen LogP contribution is -2.69. The van der Waals surface area contributed by atoms with E-state index in [9.17, 15) is 35.4 Å². The quantitative estimate of drug-likeness (QED) is 0.0647. The predicted octanol–water partition coefficient (Wildman–Crippen LogP) is -8.74. The van der Waals surface area contributed by atoms with E-state index in [0.29, 0.717) is 12.8 Å². The molecule has 2 saturated heterocycles. The van der Waals surface area contributed by atoms with Crippen molar-refractivity contribution in [3.05, 3.63) is 0 Å². The van der Waals surface area contributed by atoms with Gasteiger partial charge in [-0.15, -0.1) is 0 Å². The number of hydrogen-bond acceptors (Lipinski definition) is 18. The van der Waals surface area contributed by atoms with E-state index in [4.69, 9.17) is 59.1 Å².